The molecule has 0 radical (unpaired) electrons. The summed E-state index contributed by atoms with van der Waals surface area (Å²) < 4.78 is 0. The summed E-state index contributed by atoms with van der Waals surface area (Å²) >= 11 is 0. The second-order valence-electron chi connectivity index (χ2n) is 5.13. The van der Waals surface area contributed by atoms with Gasteiger partial charge in [-0.25, -0.2) is 4.99 Å². The average Bonchev–Trinajstić information content (AvgIpc) is 2.82. The maximum atomic E-state index is 10.8. The molecule has 0 fully saturated rings. The van der Waals surface area contributed by atoms with Crippen LogP contribution in [0.15, 0.2) is 41.2 Å². The van der Waals surface area contributed by atoms with E-state index in [-0.39, 0.29) is 17.5 Å². The van der Waals surface area contributed by atoms with Crippen molar-refractivity contribution in [2.75, 3.05) is 0 Å². The number of rotatable bonds is 2. The highest BCUT2D eigenvalue weighted by atomic mass is 16.6. The molecular weight excluding hydrogens is 258 g/mol. The highest BCUT2D eigenvalue weighted by molar-refractivity contribution is 5.95. The molecule has 0 saturated heterocycles. The van der Waals surface area contributed by atoms with Gasteiger partial charge in [-0.05, 0) is 24.0 Å². The van der Waals surface area contributed by atoms with Gasteiger partial charge in [0.05, 0.1) is 11.1 Å². The van der Waals surface area contributed by atoms with Crippen molar-refractivity contribution in [1.82, 2.24) is 5.32 Å². The summed E-state index contributed by atoms with van der Waals surface area (Å²) in [7, 11) is 0. The number of nitrogens with one attached hydrogen (secondary N) is 1. The van der Waals surface area contributed by atoms with E-state index in [2.05, 4.69) is 22.4 Å². The fourth-order valence-corrected chi connectivity index (χ4v) is 2.77. The van der Waals surface area contributed by atoms with E-state index in [1.54, 1.807) is 0 Å². The van der Waals surface area contributed by atoms with Gasteiger partial charge in [0.25, 0.3) is 0 Å². The van der Waals surface area contributed by atoms with E-state index in [1.807, 2.05) is 12.1 Å². The number of benzene rings is 1. The molecule has 7 heteroatoms. The van der Waals surface area contributed by atoms with Crippen LogP contribution < -0.4 is 16.8 Å². The summed E-state index contributed by atoms with van der Waals surface area (Å²) in [5, 5.41) is 13.6. The van der Waals surface area contributed by atoms with Crippen LogP contribution in [-0.4, -0.2) is 16.5 Å². The first-order valence-corrected chi connectivity index (χ1v) is 6.33. The fraction of sp³-hybridized carbons (Fsp3) is 0.308. The SMILES string of the molecule is NC1=NC(N)(C2Cc3ccccc3C2)NC=C1[N+](=O)[O-]. The number of hydrogen-bond donors (Lipinski definition) is 3. The third kappa shape index (κ3) is 1.92. The molecule has 1 unspecified atom stereocenters. The first-order valence-electron chi connectivity index (χ1n) is 6.33. The molecule has 0 amide bonds. The van der Waals surface area contributed by atoms with Gasteiger partial charge in [0.15, 0.2) is 5.79 Å². The zero-order valence-corrected chi connectivity index (χ0v) is 10.7. The highest BCUT2D eigenvalue weighted by Gasteiger charge is 2.41. The Hall–Kier alpha value is -2.41. The molecule has 1 heterocycles. The zero-order valence-electron chi connectivity index (χ0n) is 10.7. The van der Waals surface area contributed by atoms with Crippen LogP contribution in [0.4, 0.5) is 0 Å². The minimum absolute atomic E-state index is 0.0167. The van der Waals surface area contributed by atoms with Gasteiger partial charge in [0, 0.05) is 5.92 Å². The Morgan fingerprint density at radius 2 is 1.95 bits per heavy atom. The molecule has 3 rings (SSSR count). The van der Waals surface area contributed by atoms with E-state index >= 15 is 0 Å². The fourth-order valence-electron chi connectivity index (χ4n) is 2.77. The second-order valence-corrected chi connectivity index (χ2v) is 5.13. The van der Waals surface area contributed by atoms with Crippen LogP contribution in [0.3, 0.4) is 0 Å². The van der Waals surface area contributed by atoms with E-state index in [1.165, 1.54) is 17.3 Å². The van der Waals surface area contributed by atoms with Crippen LogP contribution in [0.25, 0.3) is 0 Å². The lowest BCUT2D eigenvalue weighted by Gasteiger charge is -2.33. The normalized spacial score (nSPS) is 25.4. The third-order valence-electron chi connectivity index (χ3n) is 3.88. The van der Waals surface area contributed by atoms with Gasteiger partial charge in [-0.3, -0.25) is 15.8 Å². The molecule has 1 aromatic carbocycles. The lowest BCUT2D eigenvalue weighted by atomic mass is 9.97. The number of nitrogens with two attached hydrogens (primary N) is 2. The van der Waals surface area contributed by atoms with E-state index < -0.39 is 10.7 Å². The molecule has 1 atom stereocenters. The van der Waals surface area contributed by atoms with E-state index in [4.69, 9.17) is 11.5 Å². The van der Waals surface area contributed by atoms with Gasteiger partial charge in [0.1, 0.15) is 0 Å². The van der Waals surface area contributed by atoms with Crippen molar-refractivity contribution in [3.8, 4) is 0 Å². The molecule has 7 nitrogen and oxygen atoms in total. The van der Waals surface area contributed by atoms with Crippen molar-refractivity contribution in [2.45, 2.75) is 18.6 Å². The molecule has 0 aromatic heterocycles. The maximum absolute atomic E-state index is 10.8. The lowest BCUT2D eigenvalue weighted by Crippen LogP contribution is -2.59. The van der Waals surface area contributed by atoms with Crippen molar-refractivity contribution in [1.29, 1.82) is 0 Å². The minimum atomic E-state index is -1.09. The van der Waals surface area contributed by atoms with Crippen LogP contribution >= 0.6 is 0 Å². The molecule has 0 saturated carbocycles. The maximum Gasteiger partial charge on any atom is 0.326 e. The first-order chi connectivity index (χ1) is 9.49. The van der Waals surface area contributed by atoms with E-state index in [0.717, 1.165) is 12.8 Å². The van der Waals surface area contributed by atoms with Crippen LogP contribution in [0.5, 0.6) is 0 Å². The number of aliphatic imine (C=N–C) groups is 1. The summed E-state index contributed by atoms with van der Waals surface area (Å²) in [4.78, 5) is 14.3. The Morgan fingerprint density at radius 3 is 2.45 bits per heavy atom. The monoisotopic (exact) mass is 273 g/mol. The molecule has 1 aliphatic carbocycles. The van der Waals surface area contributed by atoms with Crippen molar-refractivity contribution in [2.24, 2.45) is 22.4 Å². The van der Waals surface area contributed by atoms with Gasteiger partial charge >= 0.3 is 5.70 Å². The molecule has 20 heavy (non-hydrogen) atoms. The average molecular weight is 273 g/mol. The van der Waals surface area contributed by atoms with E-state index in [0.29, 0.717) is 0 Å². The smallest absolute Gasteiger partial charge is 0.326 e. The van der Waals surface area contributed by atoms with Crippen LogP contribution in [-0.2, 0) is 12.8 Å². The molecular formula is C13H15N5O2. The molecule has 1 aromatic rings. The number of nitrogens with zero attached hydrogens (tertiary/aromatic N) is 2. The summed E-state index contributed by atoms with van der Waals surface area (Å²) in [5.41, 5.74) is 14.1. The molecule has 0 bridgehead atoms. The first kappa shape index (κ1) is 12.6. The number of nitro groups is 1. The van der Waals surface area contributed by atoms with Gasteiger partial charge in [-0.2, -0.15) is 0 Å². The quantitative estimate of drug-likeness (QED) is 0.521. The number of hydrogen-bond acceptors (Lipinski definition) is 6. The molecule has 1 aliphatic heterocycles. The predicted octanol–water partition coefficient (Wildman–Crippen LogP) is 0.0924. The molecule has 0 spiro atoms. The molecule has 5 N–H and O–H groups in total. The summed E-state index contributed by atoms with van der Waals surface area (Å²) in [5.74, 6) is -1.21. The Bertz CT molecular complexity index is 614. The lowest BCUT2D eigenvalue weighted by molar-refractivity contribution is -0.416. The van der Waals surface area contributed by atoms with Gasteiger partial charge < -0.3 is 11.1 Å². The predicted molar refractivity (Wildman–Crippen MR) is 74.1 cm³/mol. The standard InChI is InChI=1S/C13H15N5O2/c14-12-11(18(19)20)7-16-13(15,17-12)10-5-8-3-1-2-4-9(8)6-10/h1-4,7,10,16H,5-6,15H2,(H2,14,17). The summed E-state index contributed by atoms with van der Waals surface area (Å²) in [6, 6.07) is 8.10. The third-order valence-corrected chi connectivity index (χ3v) is 3.88. The summed E-state index contributed by atoms with van der Waals surface area (Å²) in [6.45, 7) is 0. The largest absolute Gasteiger partial charge is 0.378 e. The topological polar surface area (TPSA) is 120 Å². The Labute approximate surface area is 115 Å². The van der Waals surface area contributed by atoms with Crippen LogP contribution in [0.2, 0.25) is 0 Å². The highest BCUT2D eigenvalue weighted by Crippen LogP contribution is 2.33. The van der Waals surface area contributed by atoms with Crippen molar-refractivity contribution in [3.05, 3.63) is 57.4 Å². The molecule has 2 aliphatic rings. The summed E-state index contributed by atoms with van der Waals surface area (Å²) in [6.07, 6.45) is 2.79. The van der Waals surface area contributed by atoms with E-state index in [9.17, 15) is 10.1 Å². The van der Waals surface area contributed by atoms with Gasteiger partial charge in [0.2, 0.25) is 5.84 Å². The van der Waals surface area contributed by atoms with Crippen molar-refractivity contribution in [3.63, 3.8) is 0 Å². The zero-order chi connectivity index (χ0) is 14.3. The Balaban J connectivity index is 1.85. The van der Waals surface area contributed by atoms with Crippen molar-refractivity contribution >= 4 is 5.84 Å². The number of fused-ring (bicyclic) bond motifs is 1. The Morgan fingerprint density at radius 1 is 1.35 bits per heavy atom. The van der Waals surface area contributed by atoms with Crippen molar-refractivity contribution < 1.29 is 4.92 Å². The number of amidine groups is 1. The second kappa shape index (κ2) is 4.31. The molecule has 104 valence electrons. The van der Waals surface area contributed by atoms with Gasteiger partial charge in [-0.15, -0.1) is 0 Å². The Kier molecular flexibility index (Phi) is 2.72. The van der Waals surface area contributed by atoms with Crippen LogP contribution in [0.1, 0.15) is 11.1 Å². The van der Waals surface area contributed by atoms with Gasteiger partial charge in [-0.1, -0.05) is 24.3 Å². The minimum Gasteiger partial charge on any atom is -0.378 e. The van der Waals surface area contributed by atoms with Crippen LogP contribution in [0, 0.1) is 16.0 Å².